The maximum atomic E-state index is 5.72. The van der Waals surface area contributed by atoms with Gasteiger partial charge in [-0.2, -0.15) is 0 Å². The standard InChI is InChI=1S/C12H17NO/c1-12(2)7-8-14-11-9(12)5-4-6-10(11)13-3/h4-6,13H,7-8H2,1-3H3. The first kappa shape index (κ1) is 9.38. The van der Waals surface area contributed by atoms with Gasteiger partial charge in [-0.05, 0) is 17.9 Å². The first-order valence-electron chi connectivity index (χ1n) is 5.09. The zero-order valence-electron chi connectivity index (χ0n) is 9.05. The van der Waals surface area contributed by atoms with Gasteiger partial charge in [0.15, 0.2) is 0 Å². The van der Waals surface area contributed by atoms with Crippen LogP contribution in [0.4, 0.5) is 5.69 Å². The van der Waals surface area contributed by atoms with E-state index in [9.17, 15) is 0 Å². The Hall–Kier alpha value is -1.18. The molecule has 1 aliphatic rings. The number of anilines is 1. The number of fused-ring (bicyclic) bond motifs is 1. The third-order valence-corrected chi connectivity index (χ3v) is 2.99. The summed E-state index contributed by atoms with van der Waals surface area (Å²) in [6.45, 7) is 5.36. The molecule has 0 aliphatic carbocycles. The van der Waals surface area contributed by atoms with E-state index < -0.39 is 0 Å². The Kier molecular flexibility index (Phi) is 2.14. The highest BCUT2D eigenvalue weighted by molar-refractivity contribution is 5.62. The van der Waals surface area contributed by atoms with Gasteiger partial charge in [0.05, 0.1) is 12.3 Å². The van der Waals surface area contributed by atoms with Crippen LogP contribution in [-0.2, 0) is 5.41 Å². The topological polar surface area (TPSA) is 21.3 Å². The SMILES string of the molecule is CNc1cccc2c1OCCC2(C)C. The Balaban J connectivity index is 2.55. The second kappa shape index (κ2) is 3.19. The fourth-order valence-corrected chi connectivity index (χ4v) is 1.97. The summed E-state index contributed by atoms with van der Waals surface area (Å²) in [4.78, 5) is 0. The number of benzene rings is 1. The molecule has 0 radical (unpaired) electrons. The van der Waals surface area contributed by atoms with Gasteiger partial charge in [0, 0.05) is 12.6 Å². The van der Waals surface area contributed by atoms with Gasteiger partial charge in [0.25, 0.3) is 0 Å². The maximum absolute atomic E-state index is 5.72. The van der Waals surface area contributed by atoms with Crippen LogP contribution in [-0.4, -0.2) is 13.7 Å². The van der Waals surface area contributed by atoms with E-state index in [1.807, 2.05) is 7.05 Å². The normalized spacial score (nSPS) is 18.2. The molecule has 1 aliphatic heterocycles. The molecule has 0 saturated heterocycles. The van der Waals surface area contributed by atoms with Gasteiger partial charge in [-0.1, -0.05) is 26.0 Å². The Morgan fingerprint density at radius 3 is 2.86 bits per heavy atom. The minimum absolute atomic E-state index is 0.237. The fraction of sp³-hybridized carbons (Fsp3) is 0.500. The Morgan fingerprint density at radius 2 is 2.14 bits per heavy atom. The van der Waals surface area contributed by atoms with Crippen LogP contribution in [0.1, 0.15) is 25.8 Å². The Bertz CT molecular complexity index is 344. The van der Waals surface area contributed by atoms with Crippen molar-refractivity contribution in [1.29, 1.82) is 0 Å². The molecule has 2 rings (SSSR count). The lowest BCUT2D eigenvalue weighted by Gasteiger charge is -2.33. The van der Waals surface area contributed by atoms with Crippen LogP contribution in [0.2, 0.25) is 0 Å². The van der Waals surface area contributed by atoms with Gasteiger partial charge in [-0.25, -0.2) is 0 Å². The first-order valence-corrected chi connectivity index (χ1v) is 5.09. The molecule has 14 heavy (non-hydrogen) atoms. The van der Waals surface area contributed by atoms with E-state index in [1.165, 1.54) is 5.56 Å². The van der Waals surface area contributed by atoms with Crippen LogP contribution in [0, 0.1) is 0 Å². The van der Waals surface area contributed by atoms with E-state index in [2.05, 4.69) is 37.4 Å². The molecule has 2 heteroatoms. The summed E-state index contributed by atoms with van der Waals surface area (Å²) in [7, 11) is 1.93. The molecule has 0 unspecified atom stereocenters. The van der Waals surface area contributed by atoms with Crippen molar-refractivity contribution in [3.63, 3.8) is 0 Å². The van der Waals surface area contributed by atoms with Gasteiger partial charge in [-0.15, -0.1) is 0 Å². The van der Waals surface area contributed by atoms with Crippen LogP contribution in [0.25, 0.3) is 0 Å². The monoisotopic (exact) mass is 191 g/mol. The molecule has 1 aromatic carbocycles. The van der Waals surface area contributed by atoms with Crippen molar-refractivity contribution in [3.8, 4) is 5.75 Å². The molecule has 0 bridgehead atoms. The molecule has 0 fully saturated rings. The Labute approximate surface area is 85.3 Å². The summed E-state index contributed by atoms with van der Waals surface area (Å²) >= 11 is 0. The quantitative estimate of drug-likeness (QED) is 0.737. The van der Waals surface area contributed by atoms with E-state index in [1.54, 1.807) is 0 Å². The van der Waals surface area contributed by atoms with Gasteiger partial charge >= 0.3 is 0 Å². The van der Waals surface area contributed by atoms with Crippen molar-refractivity contribution >= 4 is 5.69 Å². The van der Waals surface area contributed by atoms with Gasteiger partial charge in [-0.3, -0.25) is 0 Å². The third-order valence-electron chi connectivity index (χ3n) is 2.99. The zero-order chi connectivity index (χ0) is 10.2. The molecule has 0 saturated carbocycles. The summed E-state index contributed by atoms with van der Waals surface area (Å²) in [5.74, 6) is 1.03. The van der Waals surface area contributed by atoms with Gasteiger partial charge < -0.3 is 10.1 Å². The number of nitrogens with one attached hydrogen (secondary N) is 1. The Morgan fingerprint density at radius 1 is 1.36 bits per heavy atom. The highest BCUT2D eigenvalue weighted by atomic mass is 16.5. The lowest BCUT2D eigenvalue weighted by Crippen LogP contribution is -2.27. The fourth-order valence-electron chi connectivity index (χ4n) is 1.97. The van der Waals surface area contributed by atoms with Crippen LogP contribution in [0.5, 0.6) is 5.75 Å². The molecular formula is C12H17NO. The molecular weight excluding hydrogens is 174 g/mol. The van der Waals surface area contributed by atoms with Crippen molar-refractivity contribution in [2.45, 2.75) is 25.7 Å². The second-order valence-electron chi connectivity index (χ2n) is 4.41. The highest BCUT2D eigenvalue weighted by Gasteiger charge is 2.29. The van der Waals surface area contributed by atoms with Gasteiger partial charge in [0.1, 0.15) is 5.75 Å². The number of rotatable bonds is 1. The smallest absolute Gasteiger partial charge is 0.146 e. The third kappa shape index (κ3) is 1.35. The van der Waals surface area contributed by atoms with Gasteiger partial charge in [0.2, 0.25) is 0 Å². The summed E-state index contributed by atoms with van der Waals surface area (Å²) in [5, 5.41) is 3.17. The van der Waals surface area contributed by atoms with Crippen molar-refractivity contribution in [2.75, 3.05) is 19.0 Å². The van der Waals surface area contributed by atoms with Crippen LogP contribution < -0.4 is 10.1 Å². The summed E-state index contributed by atoms with van der Waals surface area (Å²) in [6.07, 6.45) is 1.09. The average molecular weight is 191 g/mol. The zero-order valence-corrected chi connectivity index (χ0v) is 9.05. The van der Waals surface area contributed by atoms with E-state index >= 15 is 0 Å². The molecule has 1 N–H and O–H groups in total. The minimum Gasteiger partial charge on any atom is -0.491 e. The van der Waals surface area contributed by atoms with Crippen LogP contribution >= 0.6 is 0 Å². The van der Waals surface area contributed by atoms with E-state index in [-0.39, 0.29) is 5.41 Å². The van der Waals surface area contributed by atoms with Crippen LogP contribution in [0.15, 0.2) is 18.2 Å². The van der Waals surface area contributed by atoms with E-state index in [0.29, 0.717) is 0 Å². The number of hydrogen-bond donors (Lipinski definition) is 1. The lowest BCUT2D eigenvalue weighted by molar-refractivity contribution is 0.235. The molecule has 0 spiro atoms. The molecule has 1 aromatic rings. The molecule has 1 heterocycles. The van der Waals surface area contributed by atoms with Crippen LogP contribution in [0.3, 0.4) is 0 Å². The van der Waals surface area contributed by atoms with E-state index in [4.69, 9.17) is 4.74 Å². The van der Waals surface area contributed by atoms with E-state index in [0.717, 1.165) is 24.5 Å². The molecule has 76 valence electrons. The summed E-state index contributed by atoms with van der Waals surface area (Å²) < 4.78 is 5.72. The van der Waals surface area contributed by atoms with Crippen molar-refractivity contribution in [3.05, 3.63) is 23.8 Å². The molecule has 0 aromatic heterocycles. The number of para-hydroxylation sites is 1. The second-order valence-corrected chi connectivity index (χ2v) is 4.41. The average Bonchev–Trinajstić information content (AvgIpc) is 2.17. The largest absolute Gasteiger partial charge is 0.491 e. The van der Waals surface area contributed by atoms with Crippen molar-refractivity contribution < 1.29 is 4.74 Å². The number of ether oxygens (including phenoxy) is 1. The van der Waals surface area contributed by atoms with Crippen molar-refractivity contribution in [2.24, 2.45) is 0 Å². The molecule has 2 nitrogen and oxygen atoms in total. The maximum Gasteiger partial charge on any atom is 0.146 e. The minimum atomic E-state index is 0.237. The lowest BCUT2D eigenvalue weighted by atomic mass is 9.79. The molecule has 0 atom stereocenters. The van der Waals surface area contributed by atoms with Crippen molar-refractivity contribution in [1.82, 2.24) is 0 Å². The predicted molar refractivity (Wildman–Crippen MR) is 59.1 cm³/mol. The summed E-state index contributed by atoms with van der Waals surface area (Å²) in [5.41, 5.74) is 2.64. The predicted octanol–water partition coefficient (Wildman–Crippen LogP) is 2.79. The highest BCUT2D eigenvalue weighted by Crippen LogP contribution is 2.42. The summed E-state index contributed by atoms with van der Waals surface area (Å²) in [6, 6.07) is 6.30. The number of hydrogen-bond acceptors (Lipinski definition) is 2. The first-order chi connectivity index (χ1) is 6.65. The molecule has 0 amide bonds.